The molecule has 0 aromatic heterocycles. The SMILES string of the molecule is Cc1ccc(/C=C/S([NH-])(=O)=O)cc1.[K+]. The van der Waals surface area contributed by atoms with Crippen LogP contribution in [-0.2, 0) is 10.0 Å². The topological polar surface area (TPSA) is 57.9 Å². The van der Waals surface area contributed by atoms with Crippen LogP contribution in [0.3, 0.4) is 0 Å². The Hall–Kier alpha value is 0.506. The molecule has 0 saturated heterocycles. The fourth-order valence-electron chi connectivity index (χ4n) is 0.846. The molecular formula is C9H10KNO2S. The Morgan fingerprint density at radius 1 is 1.21 bits per heavy atom. The molecule has 0 spiro atoms. The summed E-state index contributed by atoms with van der Waals surface area (Å²) in [4.78, 5) is 0. The molecule has 0 fully saturated rings. The molecule has 0 aliphatic heterocycles. The molecule has 0 atom stereocenters. The van der Waals surface area contributed by atoms with Gasteiger partial charge in [-0.05, 0) is 18.6 Å². The molecule has 14 heavy (non-hydrogen) atoms. The van der Waals surface area contributed by atoms with E-state index in [2.05, 4.69) is 0 Å². The fraction of sp³-hybridized carbons (Fsp3) is 0.111. The predicted molar refractivity (Wildman–Crippen MR) is 53.5 cm³/mol. The van der Waals surface area contributed by atoms with Crippen LogP contribution in [0.5, 0.6) is 0 Å². The number of aryl methyl sites for hydroxylation is 1. The van der Waals surface area contributed by atoms with Crippen molar-refractivity contribution in [3.8, 4) is 0 Å². The molecule has 1 aromatic rings. The van der Waals surface area contributed by atoms with Gasteiger partial charge in [-0.15, -0.1) is 0 Å². The molecule has 0 radical (unpaired) electrons. The maximum atomic E-state index is 10.5. The van der Waals surface area contributed by atoms with Crippen LogP contribution in [0.25, 0.3) is 11.2 Å². The van der Waals surface area contributed by atoms with Gasteiger partial charge in [-0.3, -0.25) is 0 Å². The molecule has 0 aliphatic carbocycles. The van der Waals surface area contributed by atoms with Crippen LogP contribution in [0.4, 0.5) is 0 Å². The van der Waals surface area contributed by atoms with Crippen LogP contribution in [0.1, 0.15) is 11.1 Å². The summed E-state index contributed by atoms with van der Waals surface area (Å²) in [6.45, 7) is 1.95. The van der Waals surface area contributed by atoms with E-state index < -0.39 is 10.0 Å². The van der Waals surface area contributed by atoms with Crippen molar-refractivity contribution in [2.45, 2.75) is 6.92 Å². The Morgan fingerprint density at radius 3 is 2.14 bits per heavy atom. The molecular weight excluding hydrogens is 225 g/mol. The van der Waals surface area contributed by atoms with Gasteiger partial charge in [-0.1, -0.05) is 29.8 Å². The molecule has 1 aromatic carbocycles. The van der Waals surface area contributed by atoms with Crippen molar-refractivity contribution >= 4 is 16.1 Å². The summed E-state index contributed by atoms with van der Waals surface area (Å²) in [7, 11) is -3.76. The van der Waals surface area contributed by atoms with E-state index in [9.17, 15) is 8.42 Å². The van der Waals surface area contributed by atoms with E-state index in [1.165, 1.54) is 6.08 Å². The molecule has 0 heterocycles. The molecule has 0 unspecified atom stereocenters. The summed E-state index contributed by atoms with van der Waals surface area (Å²) in [5.74, 6) is 0. The Labute approximate surface area is 127 Å². The first-order valence-electron chi connectivity index (χ1n) is 3.72. The Morgan fingerprint density at radius 2 is 1.71 bits per heavy atom. The van der Waals surface area contributed by atoms with Gasteiger partial charge in [0.1, 0.15) is 0 Å². The quantitative estimate of drug-likeness (QED) is 0.640. The van der Waals surface area contributed by atoms with E-state index in [1.807, 2.05) is 19.1 Å². The average molecular weight is 235 g/mol. The number of sulfonamides is 1. The summed E-state index contributed by atoms with van der Waals surface area (Å²) in [6, 6.07) is 7.38. The second kappa shape index (κ2) is 6.17. The Balaban J connectivity index is 0.00000169. The van der Waals surface area contributed by atoms with Gasteiger partial charge in [0.25, 0.3) is 0 Å². The zero-order valence-electron chi connectivity index (χ0n) is 8.19. The van der Waals surface area contributed by atoms with E-state index in [1.54, 1.807) is 12.1 Å². The first-order chi connectivity index (χ1) is 5.97. The number of nitrogens with one attached hydrogen (secondary N) is 1. The largest absolute Gasteiger partial charge is 1.00 e. The van der Waals surface area contributed by atoms with Crippen molar-refractivity contribution < 1.29 is 59.8 Å². The molecule has 0 bridgehead atoms. The normalized spacial score (nSPS) is 11.3. The summed E-state index contributed by atoms with van der Waals surface area (Å²) in [5.41, 5.74) is 1.90. The van der Waals surface area contributed by atoms with Gasteiger partial charge in [0, 0.05) is 5.41 Å². The van der Waals surface area contributed by atoms with Crippen molar-refractivity contribution in [2.24, 2.45) is 0 Å². The monoisotopic (exact) mass is 235 g/mol. The average Bonchev–Trinajstić information content (AvgIpc) is 2.02. The molecule has 1 rings (SSSR count). The minimum absolute atomic E-state index is 0. The zero-order valence-corrected chi connectivity index (χ0v) is 12.1. The summed E-state index contributed by atoms with van der Waals surface area (Å²) in [5, 5.41) is 7.48. The maximum absolute atomic E-state index is 10.5. The molecule has 3 nitrogen and oxygen atoms in total. The predicted octanol–water partition coefficient (Wildman–Crippen LogP) is -0.648. The molecule has 5 heteroatoms. The van der Waals surface area contributed by atoms with Crippen LogP contribution in [0.2, 0.25) is 0 Å². The van der Waals surface area contributed by atoms with Crippen molar-refractivity contribution in [2.75, 3.05) is 0 Å². The maximum Gasteiger partial charge on any atom is 1.00 e. The smallest absolute Gasteiger partial charge is 0.560 e. The molecule has 0 aliphatic rings. The van der Waals surface area contributed by atoms with E-state index in [4.69, 9.17) is 5.14 Å². The van der Waals surface area contributed by atoms with E-state index in [0.29, 0.717) is 0 Å². The van der Waals surface area contributed by atoms with E-state index in [-0.39, 0.29) is 51.4 Å². The molecule has 0 amide bonds. The minimum Gasteiger partial charge on any atom is -0.560 e. The third kappa shape index (κ3) is 6.08. The van der Waals surface area contributed by atoms with Gasteiger partial charge < -0.3 is 5.14 Å². The van der Waals surface area contributed by atoms with Crippen molar-refractivity contribution in [3.63, 3.8) is 0 Å². The van der Waals surface area contributed by atoms with Crippen molar-refractivity contribution in [1.29, 1.82) is 0 Å². The molecule has 0 saturated carbocycles. The number of benzene rings is 1. The van der Waals surface area contributed by atoms with Crippen molar-refractivity contribution in [3.05, 3.63) is 45.9 Å². The standard InChI is InChI=1S/C9H10NO2S.K/c1-8-2-4-9(5-3-8)6-7-13(10,11)12;/h2-7H,1H3,(H-,10,11,12);/q-1;+1/b7-6+;. The van der Waals surface area contributed by atoms with Crippen LogP contribution in [-0.4, -0.2) is 8.42 Å². The molecule has 70 valence electrons. The van der Waals surface area contributed by atoms with Gasteiger partial charge in [0.15, 0.2) is 0 Å². The second-order valence-electron chi connectivity index (χ2n) is 2.76. The Kier molecular flexibility index (Phi) is 6.39. The van der Waals surface area contributed by atoms with Crippen LogP contribution < -0.4 is 51.4 Å². The van der Waals surface area contributed by atoms with Crippen LogP contribution >= 0.6 is 0 Å². The van der Waals surface area contributed by atoms with Crippen LogP contribution in [0.15, 0.2) is 29.7 Å². The van der Waals surface area contributed by atoms with Gasteiger partial charge in [0.2, 0.25) is 0 Å². The van der Waals surface area contributed by atoms with Gasteiger partial charge in [0.05, 0.1) is 10.0 Å². The molecule has 1 N–H and O–H groups in total. The van der Waals surface area contributed by atoms with E-state index >= 15 is 0 Å². The van der Waals surface area contributed by atoms with Crippen LogP contribution in [0, 0.1) is 6.92 Å². The Bertz CT molecular complexity index is 409. The number of hydrogen-bond acceptors (Lipinski definition) is 2. The first-order valence-corrected chi connectivity index (χ1v) is 5.26. The van der Waals surface area contributed by atoms with Crippen molar-refractivity contribution in [1.82, 2.24) is 0 Å². The third-order valence-electron chi connectivity index (χ3n) is 1.52. The third-order valence-corrected chi connectivity index (χ3v) is 2.01. The summed E-state index contributed by atoms with van der Waals surface area (Å²) >= 11 is 0. The van der Waals surface area contributed by atoms with E-state index in [0.717, 1.165) is 16.5 Å². The summed E-state index contributed by atoms with van der Waals surface area (Å²) in [6.07, 6.45) is 1.40. The number of hydrogen-bond donors (Lipinski definition) is 0. The second-order valence-corrected chi connectivity index (χ2v) is 4.12. The minimum atomic E-state index is -3.76. The van der Waals surface area contributed by atoms with Gasteiger partial charge in [-0.25, -0.2) is 8.42 Å². The number of rotatable bonds is 2. The fourth-order valence-corrected chi connectivity index (χ4v) is 1.18. The summed E-state index contributed by atoms with van der Waals surface area (Å²) < 4.78 is 20.9. The zero-order chi connectivity index (χ0) is 9.90. The first kappa shape index (κ1) is 14.5. The van der Waals surface area contributed by atoms with Gasteiger partial charge >= 0.3 is 51.4 Å². The van der Waals surface area contributed by atoms with Gasteiger partial charge in [-0.2, -0.15) is 0 Å².